The standard InChI is InChI=1S/C12H13N/c1-2-9-5-3-4-6-11(9)12-7-10(12)8-13/h3-6,10,12H,2,7H2,1H3/t10-,12+/m0/s1. The second-order valence-corrected chi connectivity index (χ2v) is 3.63. The van der Waals surface area contributed by atoms with Gasteiger partial charge in [-0.1, -0.05) is 31.2 Å². The van der Waals surface area contributed by atoms with E-state index in [1.807, 2.05) is 0 Å². The smallest absolute Gasteiger partial charge is 0.0662 e. The fraction of sp³-hybridized carbons (Fsp3) is 0.417. The SMILES string of the molecule is CCc1ccccc1[C@@H]1C[C@H]1C#N. The Morgan fingerprint density at radius 2 is 2.23 bits per heavy atom. The molecule has 0 heterocycles. The van der Waals surface area contributed by atoms with Crippen molar-refractivity contribution in [2.24, 2.45) is 5.92 Å². The van der Waals surface area contributed by atoms with Crippen LogP contribution in [0.4, 0.5) is 0 Å². The second kappa shape index (κ2) is 3.22. The Balaban J connectivity index is 2.26. The van der Waals surface area contributed by atoms with Crippen LogP contribution < -0.4 is 0 Å². The Labute approximate surface area is 79.0 Å². The fourth-order valence-corrected chi connectivity index (χ4v) is 1.90. The van der Waals surface area contributed by atoms with Gasteiger partial charge in [-0.05, 0) is 24.0 Å². The zero-order valence-electron chi connectivity index (χ0n) is 7.83. The molecule has 0 amide bonds. The first kappa shape index (κ1) is 8.31. The van der Waals surface area contributed by atoms with Crippen LogP contribution in [0.15, 0.2) is 24.3 Å². The van der Waals surface area contributed by atoms with E-state index in [9.17, 15) is 0 Å². The van der Waals surface area contributed by atoms with Crippen LogP contribution in [0.5, 0.6) is 0 Å². The third-order valence-corrected chi connectivity index (χ3v) is 2.79. The summed E-state index contributed by atoms with van der Waals surface area (Å²) in [5.41, 5.74) is 2.81. The Morgan fingerprint density at radius 1 is 1.46 bits per heavy atom. The first-order valence-electron chi connectivity index (χ1n) is 4.84. The molecule has 0 radical (unpaired) electrons. The number of aryl methyl sites for hydroxylation is 1. The number of benzene rings is 1. The molecule has 1 aliphatic carbocycles. The molecule has 2 rings (SSSR count). The van der Waals surface area contributed by atoms with E-state index in [-0.39, 0.29) is 5.92 Å². The monoisotopic (exact) mass is 171 g/mol. The zero-order chi connectivity index (χ0) is 9.26. The van der Waals surface area contributed by atoms with Gasteiger partial charge in [-0.25, -0.2) is 0 Å². The third-order valence-electron chi connectivity index (χ3n) is 2.79. The molecule has 0 unspecified atom stereocenters. The van der Waals surface area contributed by atoms with Crippen LogP contribution in [0.2, 0.25) is 0 Å². The molecule has 0 aromatic heterocycles. The number of nitrogens with zero attached hydrogens (tertiary/aromatic N) is 1. The summed E-state index contributed by atoms with van der Waals surface area (Å²) < 4.78 is 0. The van der Waals surface area contributed by atoms with Gasteiger partial charge in [0.1, 0.15) is 0 Å². The lowest BCUT2D eigenvalue weighted by Crippen LogP contribution is -1.90. The largest absolute Gasteiger partial charge is 0.198 e. The summed E-state index contributed by atoms with van der Waals surface area (Å²) in [6.45, 7) is 2.17. The highest BCUT2D eigenvalue weighted by atomic mass is 14.4. The van der Waals surface area contributed by atoms with Crippen molar-refractivity contribution in [2.75, 3.05) is 0 Å². The topological polar surface area (TPSA) is 23.8 Å². The Morgan fingerprint density at radius 3 is 2.85 bits per heavy atom. The van der Waals surface area contributed by atoms with Crippen LogP contribution in [0, 0.1) is 17.2 Å². The molecular weight excluding hydrogens is 158 g/mol. The molecule has 1 fully saturated rings. The molecule has 1 heteroatoms. The number of rotatable bonds is 2. The zero-order valence-corrected chi connectivity index (χ0v) is 7.83. The van der Waals surface area contributed by atoms with Crippen molar-refractivity contribution in [2.45, 2.75) is 25.7 Å². The molecule has 1 aromatic carbocycles. The average Bonchev–Trinajstić information content (AvgIpc) is 2.96. The molecule has 66 valence electrons. The van der Waals surface area contributed by atoms with Gasteiger partial charge in [0.15, 0.2) is 0 Å². The van der Waals surface area contributed by atoms with E-state index in [4.69, 9.17) is 5.26 Å². The quantitative estimate of drug-likeness (QED) is 0.671. The summed E-state index contributed by atoms with van der Waals surface area (Å²) in [5, 5.41) is 8.75. The average molecular weight is 171 g/mol. The van der Waals surface area contributed by atoms with Crippen LogP contribution in [-0.4, -0.2) is 0 Å². The predicted octanol–water partition coefficient (Wildman–Crippen LogP) is 2.88. The van der Waals surface area contributed by atoms with E-state index in [0.29, 0.717) is 5.92 Å². The van der Waals surface area contributed by atoms with Crippen LogP contribution in [0.25, 0.3) is 0 Å². The highest BCUT2D eigenvalue weighted by molar-refractivity contribution is 5.36. The first-order valence-corrected chi connectivity index (χ1v) is 4.84. The van der Waals surface area contributed by atoms with E-state index >= 15 is 0 Å². The minimum atomic E-state index is 0.285. The number of nitriles is 1. The molecule has 0 bridgehead atoms. The van der Waals surface area contributed by atoms with E-state index < -0.39 is 0 Å². The molecule has 2 atom stereocenters. The number of hydrogen-bond donors (Lipinski definition) is 0. The lowest BCUT2D eigenvalue weighted by atomic mass is 10.0. The molecular formula is C12H13N. The molecule has 0 saturated heterocycles. The van der Waals surface area contributed by atoms with Crippen molar-refractivity contribution in [1.82, 2.24) is 0 Å². The Kier molecular flexibility index (Phi) is 2.06. The van der Waals surface area contributed by atoms with Gasteiger partial charge in [0.2, 0.25) is 0 Å². The minimum Gasteiger partial charge on any atom is -0.198 e. The van der Waals surface area contributed by atoms with Crippen LogP contribution >= 0.6 is 0 Å². The summed E-state index contributed by atoms with van der Waals surface area (Å²) in [6, 6.07) is 10.8. The Bertz CT molecular complexity index is 348. The maximum absolute atomic E-state index is 8.75. The van der Waals surface area contributed by atoms with Gasteiger partial charge in [-0.3, -0.25) is 0 Å². The molecule has 0 aliphatic heterocycles. The molecule has 0 N–H and O–H groups in total. The second-order valence-electron chi connectivity index (χ2n) is 3.63. The lowest BCUT2D eigenvalue weighted by Gasteiger charge is -2.04. The number of hydrogen-bond acceptors (Lipinski definition) is 1. The highest BCUT2D eigenvalue weighted by Gasteiger charge is 2.39. The molecule has 1 aromatic rings. The summed E-state index contributed by atoms with van der Waals surface area (Å²) in [4.78, 5) is 0. The van der Waals surface area contributed by atoms with Gasteiger partial charge in [0.05, 0.1) is 12.0 Å². The maximum atomic E-state index is 8.75. The van der Waals surface area contributed by atoms with Crippen molar-refractivity contribution >= 4 is 0 Å². The first-order chi connectivity index (χ1) is 6.36. The van der Waals surface area contributed by atoms with Crippen molar-refractivity contribution in [3.05, 3.63) is 35.4 Å². The summed E-state index contributed by atoms with van der Waals surface area (Å²) in [7, 11) is 0. The highest BCUT2D eigenvalue weighted by Crippen LogP contribution is 2.47. The van der Waals surface area contributed by atoms with Crippen molar-refractivity contribution in [1.29, 1.82) is 5.26 Å². The van der Waals surface area contributed by atoms with Gasteiger partial charge in [-0.15, -0.1) is 0 Å². The summed E-state index contributed by atoms with van der Waals surface area (Å²) >= 11 is 0. The van der Waals surface area contributed by atoms with Crippen LogP contribution in [-0.2, 0) is 6.42 Å². The molecule has 1 saturated carbocycles. The fourth-order valence-electron chi connectivity index (χ4n) is 1.90. The van der Waals surface area contributed by atoms with Gasteiger partial charge in [0, 0.05) is 5.92 Å². The Hall–Kier alpha value is -1.29. The van der Waals surface area contributed by atoms with Crippen molar-refractivity contribution < 1.29 is 0 Å². The third kappa shape index (κ3) is 1.45. The van der Waals surface area contributed by atoms with E-state index in [0.717, 1.165) is 12.8 Å². The normalized spacial score (nSPS) is 25.2. The summed E-state index contributed by atoms with van der Waals surface area (Å²) in [6.07, 6.45) is 2.14. The maximum Gasteiger partial charge on any atom is 0.0662 e. The van der Waals surface area contributed by atoms with Crippen LogP contribution in [0.3, 0.4) is 0 Å². The minimum absolute atomic E-state index is 0.285. The predicted molar refractivity (Wildman–Crippen MR) is 52.3 cm³/mol. The molecule has 1 aliphatic rings. The van der Waals surface area contributed by atoms with Gasteiger partial charge in [-0.2, -0.15) is 5.26 Å². The van der Waals surface area contributed by atoms with Crippen molar-refractivity contribution in [3.63, 3.8) is 0 Å². The molecule has 0 spiro atoms. The van der Waals surface area contributed by atoms with E-state index in [1.165, 1.54) is 11.1 Å². The van der Waals surface area contributed by atoms with Gasteiger partial charge >= 0.3 is 0 Å². The van der Waals surface area contributed by atoms with Gasteiger partial charge in [0.25, 0.3) is 0 Å². The van der Waals surface area contributed by atoms with Crippen LogP contribution in [0.1, 0.15) is 30.4 Å². The molecule has 13 heavy (non-hydrogen) atoms. The van der Waals surface area contributed by atoms with Crippen molar-refractivity contribution in [3.8, 4) is 6.07 Å². The molecule has 1 nitrogen and oxygen atoms in total. The summed E-state index contributed by atoms with van der Waals surface area (Å²) in [5.74, 6) is 0.814. The van der Waals surface area contributed by atoms with Gasteiger partial charge < -0.3 is 0 Å². The van der Waals surface area contributed by atoms with E-state index in [1.54, 1.807) is 0 Å². The van der Waals surface area contributed by atoms with E-state index in [2.05, 4.69) is 37.3 Å². The lowest BCUT2D eigenvalue weighted by molar-refractivity contribution is 0.977.